The van der Waals surface area contributed by atoms with Gasteiger partial charge in [0.1, 0.15) is 17.5 Å². The van der Waals surface area contributed by atoms with Crippen LogP contribution in [-0.2, 0) is 0 Å². The molecule has 0 amide bonds. The number of rotatable bonds is 0. The summed E-state index contributed by atoms with van der Waals surface area (Å²) < 4.78 is 6.21. The Morgan fingerprint density at radius 2 is 1.95 bits per heavy atom. The molecule has 2 aliphatic rings. The first-order chi connectivity index (χ1) is 8.62. The van der Waals surface area contributed by atoms with E-state index in [-0.39, 0.29) is 24.0 Å². The molecular formula is C15H22ClNO2. The predicted octanol–water partition coefficient (Wildman–Crippen LogP) is 2.87. The van der Waals surface area contributed by atoms with E-state index < -0.39 is 6.10 Å². The van der Waals surface area contributed by atoms with Crippen LogP contribution in [0.4, 0.5) is 0 Å². The fourth-order valence-electron chi connectivity index (χ4n) is 3.35. The van der Waals surface area contributed by atoms with Crippen LogP contribution in [0.1, 0.15) is 49.3 Å². The number of nitrogens with two attached hydrogens (primary N) is 1. The lowest BCUT2D eigenvalue weighted by atomic mass is 9.74. The SMILES string of the molecule is Cc1ccc2c(c1)C(O)C(N)C1(CCCCC1)O2.Cl. The lowest BCUT2D eigenvalue weighted by Gasteiger charge is -2.47. The normalized spacial score (nSPS) is 28.2. The zero-order valence-corrected chi connectivity index (χ0v) is 12.1. The Balaban J connectivity index is 0.00000133. The predicted molar refractivity (Wildman–Crippen MR) is 77.8 cm³/mol. The zero-order valence-electron chi connectivity index (χ0n) is 11.3. The average molecular weight is 284 g/mol. The summed E-state index contributed by atoms with van der Waals surface area (Å²) in [6.45, 7) is 2.02. The highest BCUT2D eigenvalue weighted by atomic mass is 35.5. The van der Waals surface area contributed by atoms with E-state index in [0.717, 1.165) is 42.6 Å². The molecule has 1 fully saturated rings. The summed E-state index contributed by atoms with van der Waals surface area (Å²) in [7, 11) is 0. The van der Waals surface area contributed by atoms with Crippen molar-refractivity contribution in [3.05, 3.63) is 29.3 Å². The molecular weight excluding hydrogens is 262 g/mol. The van der Waals surface area contributed by atoms with Crippen molar-refractivity contribution in [1.82, 2.24) is 0 Å². The molecule has 1 aliphatic heterocycles. The number of aliphatic hydroxyl groups excluding tert-OH is 1. The van der Waals surface area contributed by atoms with Crippen molar-refractivity contribution < 1.29 is 9.84 Å². The largest absolute Gasteiger partial charge is 0.485 e. The summed E-state index contributed by atoms with van der Waals surface area (Å²) in [6, 6.07) is 5.66. The van der Waals surface area contributed by atoms with E-state index in [4.69, 9.17) is 10.5 Å². The number of aliphatic hydroxyl groups is 1. The third kappa shape index (κ3) is 2.35. The molecule has 1 saturated carbocycles. The van der Waals surface area contributed by atoms with Crippen molar-refractivity contribution in [2.24, 2.45) is 5.73 Å². The van der Waals surface area contributed by atoms with Crippen LogP contribution in [0.25, 0.3) is 0 Å². The van der Waals surface area contributed by atoms with Gasteiger partial charge in [-0.1, -0.05) is 18.1 Å². The molecule has 0 bridgehead atoms. The quantitative estimate of drug-likeness (QED) is 0.770. The van der Waals surface area contributed by atoms with Gasteiger partial charge >= 0.3 is 0 Å². The third-order valence-corrected chi connectivity index (χ3v) is 4.44. The van der Waals surface area contributed by atoms with Crippen molar-refractivity contribution in [3.8, 4) is 5.75 Å². The average Bonchev–Trinajstić information content (AvgIpc) is 2.39. The van der Waals surface area contributed by atoms with Gasteiger partial charge in [0, 0.05) is 5.56 Å². The molecule has 1 aromatic carbocycles. The lowest BCUT2D eigenvalue weighted by molar-refractivity contribution is -0.0582. The molecule has 106 valence electrons. The van der Waals surface area contributed by atoms with Crippen LogP contribution < -0.4 is 10.5 Å². The molecule has 19 heavy (non-hydrogen) atoms. The van der Waals surface area contributed by atoms with E-state index >= 15 is 0 Å². The van der Waals surface area contributed by atoms with Crippen LogP contribution in [-0.4, -0.2) is 16.7 Å². The summed E-state index contributed by atoms with van der Waals surface area (Å²) in [5.41, 5.74) is 7.90. The monoisotopic (exact) mass is 283 g/mol. The smallest absolute Gasteiger partial charge is 0.127 e. The van der Waals surface area contributed by atoms with E-state index in [1.165, 1.54) is 6.42 Å². The van der Waals surface area contributed by atoms with Crippen molar-refractivity contribution in [2.75, 3.05) is 0 Å². The number of ether oxygens (including phenoxy) is 1. The number of aryl methyl sites for hydroxylation is 1. The number of hydrogen-bond donors (Lipinski definition) is 2. The number of hydrogen-bond acceptors (Lipinski definition) is 3. The Labute approximate surface area is 120 Å². The van der Waals surface area contributed by atoms with Crippen LogP contribution >= 0.6 is 12.4 Å². The molecule has 2 atom stereocenters. The van der Waals surface area contributed by atoms with E-state index in [1.54, 1.807) is 0 Å². The van der Waals surface area contributed by atoms with E-state index in [2.05, 4.69) is 0 Å². The van der Waals surface area contributed by atoms with Gasteiger partial charge in [-0.25, -0.2) is 0 Å². The van der Waals surface area contributed by atoms with Crippen molar-refractivity contribution >= 4 is 12.4 Å². The van der Waals surface area contributed by atoms with Crippen LogP contribution in [0.5, 0.6) is 5.75 Å². The standard InChI is InChI=1S/C15H21NO2.ClH/c1-10-5-6-12-11(9-10)13(17)14(16)15(18-12)7-3-2-4-8-15;/h5-6,9,13-14,17H,2-4,7-8,16H2,1H3;1H. The van der Waals surface area contributed by atoms with Gasteiger partial charge in [0.05, 0.1) is 6.04 Å². The second-order valence-corrected chi connectivity index (χ2v) is 5.74. The maximum absolute atomic E-state index is 10.5. The number of benzene rings is 1. The third-order valence-electron chi connectivity index (χ3n) is 4.44. The van der Waals surface area contributed by atoms with Crippen LogP contribution in [0.2, 0.25) is 0 Å². The van der Waals surface area contributed by atoms with Gasteiger partial charge in [-0.05, 0) is 44.7 Å². The highest BCUT2D eigenvalue weighted by molar-refractivity contribution is 5.85. The van der Waals surface area contributed by atoms with Gasteiger partial charge in [0.25, 0.3) is 0 Å². The molecule has 0 saturated heterocycles. The summed E-state index contributed by atoms with van der Waals surface area (Å²) in [6.07, 6.45) is 4.83. The molecule has 3 rings (SSSR count). The summed E-state index contributed by atoms with van der Waals surface area (Å²) in [4.78, 5) is 0. The molecule has 1 spiro atoms. The van der Waals surface area contributed by atoms with Crippen LogP contribution in [0.3, 0.4) is 0 Å². The minimum atomic E-state index is -0.605. The molecule has 1 heterocycles. The maximum Gasteiger partial charge on any atom is 0.127 e. The Kier molecular flexibility index (Phi) is 4.09. The molecule has 4 heteroatoms. The fourth-order valence-corrected chi connectivity index (χ4v) is 3.35. The van der Waals surface area contributed by atoms with E-state index in [9.17, 15) is 5.11 Å². The van der Waals surface area contributed by atoms with Crippen molar-refractivity contribution in [3.63, 3.8) is 0 Å². The van der Waals surface area contributed by atoms with Gasteiger partial charge in [0.15, 0.2) is 0 Å². The second kappa shape index (κ2) is 5.31. The molecule has 3 N–H and O–H groups in total. The number of halogens is 1. The Hall–Kier alpha value is -0.770. The Morgan fingerprint density at radius 3 is 2.63 bits per heavy atom. The molecule has 2 unspecified atom stereocenters. The summed E-state index contributed by atoms with van der Waals surface area (Å²) in [5, 5.41) is 10.5. The highest BCUT2D eigenvalue weighted by Gasteiger charge is 2.47. The minimum Gasteiger partial charge on any atom is -0.485 e. The first-order valence-electron chi connectivity index (χ1n) is 6.86. The van der Waals surface area contributed by atoms with Crippen molar-refractivity contribution in [2.45, 2.75) is 56.8 Å². The Morgan fingerprint density at radius 1 is 1.26 bits per heavy atom. The highest BCUT2D eigenvalue weighted by Crippen LogP contribution is 2.45. The van der Waals surface area contributed by atoms with Crippen LogP contribution in [0.15, 0.2) is 18.2 Å². The fraction of sp³-hybridized carbons (Fsp3) is 0.600. The summed E-state index contributed by atoms with van der Waals surface area (Å²) in [5.74, 6) is 0.816. The van der Waals surface area contributed by atoms with Gasteiger partial charge in [0.2, 0.25) is 0 Å². The Bertz CT molecular complexity index is 457. The van der Waals surface area contributed by atoms with Gasteiger partial charge < -0.3 is 15.6 Å². The molecule has 3 nitrogen and oxygen atoms in total. The van der Waals surface area contributed by atoms with Crippen molar-refractivity contribution in [1.29, 1.82) is 0 Å². The molecule has 1 aliphatic carbocycles. The van der Waals surface area contributed by atoms with Gasteiger partial charge in [-0.3, -0.25) is 0 Å². The maximum atomic E-state index is 10.5. The second-order valence-electron chi connectivity index (χ2n) is 5.74. The van der Waals surface area contributed by atoms with Gasteiger partial charge in [-0.15, -0.1) is 12.4 Å². The molecule has 1 aromatic rings. The van der Waals surface area contributed by atoms with Crippen LogP contribution in [0, 0.1) is 6.92 Å². The minimum absolute atomic E-state index is 0. The zero-order chi connectivity index (χ0) is 12.8. The molecule has 0 radical (unpaired) electrons. The van der Waals surface area contributed by atoms with E-state index in [0.29, 0.717) is 0 Å². The lowest BCUT2D eigenvalue weighted by Crippen LogP contribution is -2.58. The van der Waals surface area contributed by atoms with E-state index in [1.807, 2.05) is 25.1 Å². The number of fused-ring (bicyclic) bond motifs is 1. The first-order valence-corrected chi connectivity index (χ1v) is 6.86. The first kappa shape index (κ1) is 14.6. The summed E-state index contributed by atoms with van der Waals surface area (Å²) >= 11 is 0. The molecule has 0 aromatic heterocycles. The van der Waals surface area contributed by atoms with Gasteiger partial charge in [-0.2, -0.15) is 0 Å². The topological polar surface area (TPSA) is 55.5 Å².